The van der Waals surface area contributed by atoms with Gasteiger partial charge in [-0.3, -0.25) is 5.73 Å². The number of rotatable bonds is 11. The molecule has 1 aromatic rings. The zero-order valence-corrected chi connectivity index (χ0v) is 28.4. The van der Waals surface area contributed by atoms with Gasteiger partial charge in [0.15, 0.2) is 17.8 Å². The third-order valence-electron chi connectivity index (χ3n) is 5.96. The number of hydrogen-bond donors (Lipinski definition) is 2. The Bertz CT molecular complexity index is 1090. The summed E-state index contributed by atoms with van der Waals surface area (Å²) in [5, 5.41) is 9.29. The molecule has 8 heteroatoms. The summed E-state index contributed by atoms with van der Waals surface area (Å²) in [5.41, 5.74) is 15.0. The van der Waals surface area contributed by atoms with Crippen molar-refractivity contribution in [3.05, 3.63) is 70.0 Å². The van der Waals surface area contributed by atoms with E-state index in [0.29, 0.717) is 17.7 Å². The normalized spacial score (nSPS) is 14.5. The number of halogens is 2. The highest BCUT2D eigenvalue weighted by molar-refractivity contribution is 7.22. The number of hydrogen-bond acceptors (Lipinski definition) is 5. The topological polar surface area (TPSA) is 97.9 Å². The van der Waals surface area contributed by atoms with Gasteiger partial charge in [-0.2, -0.15) is 5.26 Å². The summed E-state index contributed by atoms with van der Waals surface area (Å²) in [6, 6.07) is 3.84. The van der Waals surface area contributed by atoms with Crippen molar-refractivity contribution in [2.45, 2.75) is 107 Å². The smallest absolute Gasteiger partial charge is 0.176 e. The average Bonchev–Trinajstić information content (AvgIpc) is 2.97. The summed E-state index contributed by atoms with van der Waals surface area (Å²) in [6.45, 7) is 20.0. The first-order chi connectivity index (χ1) is 19.6. The van der Waals surface area contributed by atoms with Gasteiger partial charge in [0.2, 0.25) is 0 Å². The first-order valence-corrected chi connectivity index (χ1v) is 15.6. The Labute approximate surface area is 256 Å². The molecule has 0 bridgehead atoms. The van der Waals surface area contributed by atoms with Crippen molar-refractivity contribution in [1.29, 1.82) is 5.26 Å². The summed E-state index contributed by atoms with van der Waals surface area (Å²) in [5.74, 6) is 0.958. The van der Waals surface area contributed by atoms with Crippen LogP contribution < -0.4 is 16.2 Å². The van der Waals surface area contributed by atoms with Gasteiger partial charge in [-0.1, -0.05) is 97.2 Å². The van der Waals surface area contributed by atoms with Crippen molar-refractivity contribution in [2.75, 3.05) is 5.73 Å². The van der Waals surface area contributed by atoms with Crippen LogP contribution in [0.25, 0.3) is 5.57 Å². The third kappa shape index (κ3) is 15.4. The van der Waals surface area contributed by atoms with E-state index in [1.54, 1.807) is 12.3 Å². The van der Waals surface area contributed by atoms with Crippen LogP contribution in [-0.2, 0) is 0 Å². The second-order valence-electron chi connectivity index (χ2n) is 9.05. The number of nitrogens with zero attached hydrogens (tertiary/aromatic N) is 2. The molecule has 0 fully saturated rings. The Morgan fingerprint density at radius 3 is 2.44 bits per heavy atom. The third-order valence-corrected chi connectivity index (χ3v) is 6.97. The van der Waals surface area contributed by atoms with Gasteiger partial charge in [-0.15, -0.1) is 9.24 Å². The van der Waals surface area contributed by atoms with Crippen molar-refractivity contribution >= 4 is 32.2 Å². The molecule has 0 saturated carbocycles. The van der Waals surface area contributed by atoms with Gasteiger partial charge < -0.3 is 10.5 Å². The minimum Gasteiger partial charge on any atom is -0.467 e. The van der Waals surface area contributed by atoms with Crippen molar-refractivity contribution in [1.82, 2.24) is 4.98 Å². The van der Waals surface area contributed by atoms with Crippen LogP contribution in [0, 0.1) is 17.2 Å². The first-order valence-electron chi connectivity index (χ1n) is 14.7. The van der Waals surface area contributed by atoms with Crippen molar-refractivity contribution in [2.24, 2.45) is 11.7 Å². The van der Waals surface area contributed by atoms with Crippen molar-refractivity contribution < 1.29 is 9.13 Å². The van der Waals surface area contributed by atoms with Crippen LogP contribution in [-0.4, -0.2) is 11.2 Å². The summed E-state index contributed by atoms with van der Waals surface area (Å²) in [7, 11) is 2.55. The lowest BCUT2D eigenvalue weighted by Crippen LogP contribution is -2.31. The zero-order valence-electron chi connectivity index (χ0n) is 26.5. The summed E-state index contributed by atoms with van der Waals surface area (Å²) in [4.78, 5) is 4.16. The molecule has 1 aliphatic carbocycles. The molecule has 3 unspecified atom stereocenters. The van der Waals surface area contributed by atoms with Crippen LogP contribution in [0.1, 0.15) is 106 Å². The van der Waals surface area contributed by atoms with E-state index < -0.39 is 6.23 Å². The molecule has 0 saturated heterocycles. The standard InChI is InChI=1S/C18H22ClFN3OP.C11H19N.2C2H6/c1-3-5-10(4-2)11-8-13(17(21)23-9-11)24-18(22)15-14(25)7-6-12(20)16(15)19;1-4-6-10(2)7-5-8-11(3)9-12;2*1-2/h3-5,8-9,18H,6-7,22,25H2,1-2H3,(H2,21,23);10H,3-8H2,1-2H3;2*1-2H3/b5-3-,10-4+;;;. The number of pyridine rings is 1. The Hall–Kier alpha value is -2.45. The molecular formula is C33H53ClFN4OP. The molecule has 230 valence electrons. The Morgan fingerprint density at radius 1 is 1.27 bits per heavy atom. The molecule has 0 amide bonds. The van der Waals surface area contributed by atoms with Crippen LogP contribution in [0.2, 0.25) is 0 Å². The Morgan fingerprint density at radius 2 is 1.90 bits per heavy atom. The van der Waals surface area contributed by atoms with Crippen molar-refractivity contribution in [3.8, 4) is 11.8 Å². The fraction of sp³-hybridized carbons (Fsp3) is 0.515. The number of anilines is 1. The van der Waals surface area contributed by atoms with E-state index in [0.717, 1.165) is 40.8 Å². The molecule has 0 radical (unpaired) electrons. The molecule has 5 nitrogen and oxygen atoms in total. The van der Waals surface area contributed by atoms with E-state index in [2.05, 4.69) is 40.7 Å². The summed E-state index contributed by atoms with van der Waals surface area (Å²) >= 11 is 6.08. The predicted molar refractivity (Wildman–Crippen MR) is 181 cm³/mol. The number of ether oxygens (including phenoxy) is 1. The summed E-state index contributed by atoms with van der Waals surface area (Å²) in [6.07, 6.45) is 13.1. The van der Waals surface area contributed by atoms with E-state index in [1.807, 2.05) is 59.8 Å². The lowest BCUT2D eigenvalue weighted by Gasteiger charge is -2.24. The van der Waals surface area contributed by atoms with E-state index in [4.69, 9.17) is 33.1 Å². The fourth-order valence-electron chi connectivity index (χ4n) is 3.88. The van der Waals surface area contributed by atoms with Gasteiger partial charge in [0.1, 0.15) is 5.83 Å². The molecule has 1 heterocycles. The minimum absolute atomic E-state index is 0.00879. The fourth-order valence-corrected chi connectivity index (χ4v) is 4.75. The molecule has 4 N–H and O–H groups in total. The first kappa shape index (κ1) is 40.7. The molecule has 41 heavy (non-hydrogen) atoms. The van der Waals surface area contributed by atoms with Gasteiger partial charge in [-0.05, 0) is 56.0 Å². The predicted octanol–water partition coefficient (Wildman–Crippen LogP) is 10.4. The highest BCUT2D eigenvalue weighted by atomic mass is 35.5. The second-order valence-corrected chi connectivity index (χ2v) is 10.1. The lowest BCUT2D eigenvalue weighted by atomic mass is 9.98. The zero-order chi connectivity index (χ0) is 32.0. The van der Waals surface area contributed by atoms with Gasteiger partial charge in [-0.25, -0.2) is 9.37 Å². The minimum atomic E-state index is -0.943. The summed E-state index contributed by atoms with van der Waals surface area (Å²) < 4.78 is 19.6. The van der Waals surface area contributed by atoms with Gasteiger partial charge in [0.05, 0.1) is 11.1 Å². The van der Waals surface area contributed by atoms with Crippen LogP contribution >= 0.6 is 20.8 Å². The molecule has 1 aromatic heterocycles. The average molecular weight is 607 g/mol. The molecule has 0 spiro atoms. The van der Waals surface area contributed by atoms with E-state index in [1.165, 1.54) is 19.3 Å². The van der Waals surface area contributed by atoms with Crippen LogP contribution in [0.5, 0.6) is 5.75 Å². The highest BCUT2D eigenvalue weighted by Gasteiger charge is 2.25. The van der Waals surface area contributed by atoms with E-state index in [-0.39, 0.29) is 23.1 Å². The molecule has 1 aliphatic rings. The Balaban J connectivity index is 0. The second kappa shape index (κ2) is 24.2. The number of nitriles is 1. The Kier molecular flexibility index (Phi) is 24.0. The molecule has 3 atom stereocenters. The molecular weight excluding hydrogens is 554 g/mol. The number of nitrogens with two attached hydrogens (primary N) is 2. The van der Waals surface area contributed by atoms with Crippen molar-refractivity contribution in [3.63, 3.8) is 0 Å². The van der Waals surface area contributed by atoms with E-state index >= 15 is 0 Å². The number of aromatic nitrogens is 1. The van der Waals surface area contributed by atoms with E-state index in [9.17, 15) is 4.39 Å². The maximum Gasteiger partial charge on any atom is 0.176 e. The van der Waals surface area contributed by atoms with Crippen LogP contribution in [0.3, 0.4) is 0 Å². The largest absolute Gasteiger partial charge is 0.467 e. The van der Waals surface area contributed by atoms with Crippen LogP contribution in [0.4, 0.5) is 10.2 Å². The quantitative estimate of drug-likeness (QED) is 0.113. The van der Waals surface area contributed by atoms with Crippen LogP contribution in [0.15, 0.2) is 64.4 Å². The van der Waals surface area contributed by atoms with Gasteiger partial charge in [0.25, 0.3) is 0 Å². The maximum absolute atomic E-state index is 13.8. The number of nitrogen functional groups attached to an aromatic ring is 1. The SMILES string of the molecule is C/C=C\C(=C/C)c1cnc(N)c(OC(N)C2=C(P)CCC(F)=C2Cl)c1.C=C(C#N)CCCC(C)CCC.CC.CC. The number of allylic oxidation sites excluding steroid dienone is 7. The highest BCUT2D eigenvalue weighted by Crippen LogP contribution is 2.38. The van der Waals surface area contributed by atoms with Gasteiger partial charge in [0, 0.05) is 29.3 Å². The van der Waals surface area contributed by atoms with Gasteiger partial charge >= 0.3 is 0 Å². The molecule has 0 aliphatic heterocycles. The molecule has 0 aromatic carbocycles. The molecule has 2 rings (SSSR count). The monoisotopic (exact) mass is 606 g/mol. The maximum atomic E-state index is 13.8. The lowest BCUT2D eigenvalue weighted by molar-refractivity contribution is 0.247.